The molecule has 2 fully saturated rings. The van der Waals surface area contributed by atoms with Gasteiger partial charge in [0.05, 0.1) is 17.9 Å². The first-order valence-corrected chi connectivity index (χ1v) is 10.0. The van der Waals surface area contributed by atoms with Crippen molar-refractivity contribution < 1.29 is 14.0 Å². The van der Waals surface area contributed by atoms with E-state index in [1.165, 1.54) is 17.4 Å². The van der Waals surface area contributed by atoms with E-state index in [2.05, 4.69) is 16.8 Å². The van der Waals surface area contributed by atoms with E-state index in [0.29, 0.717) is 18.7 Å². The fraction of sp³-hybridized carbons (Fsp3) is 0.474. The summed E-state index contributed by atoms with van der Waals surface area (Å²) in [5.41, 5.74) is 0.586. The second-order valence-corrected chi connectivity index (χ2v) is 7.87. The van der Waals surface area contributed by atoms with Crippen molar-refractivity contribution in [2.24, 2.45) is 0 Å². The van der Waals surface area contributed by atoms with Gasteiger partial charge in [-0.15, -0.1) is 11.3 Å². The minimum Gasteiger partial charge on any atom is -0.472 e. The standard InChI is InChI=1S/C19H23N3O3S/c23-18(14-7-11-25-13-14)21-9-5-15(6-10-21)20-19(24)22-8-1-3-16(22)17-4-2-12-26-17/h2,4,7,11-13,15-16H,1,3,5-6,8-10H2,(H,20,24). The number of piperidine rings is 1. The van der Waals surface area contributed by atoms with Gasteiger partial charge in [0, 0.05) is 30.6 Å². The molecule has 0 spiro atoms. The van der Waals surface area contributed by atoms with Gasteiger partial charge in [-0.2, -0.15) is 0 Å². The van der Waals surface area contributed by atoms with Crippen LogP contribution in [0.25, 0.3) is 0 Å². The third-order valence-corrected chi connectivity index (χ3v) is 6.24. The molecule has 0 aromatic carbocycles. The lowest BCUT2D eigenvalue weighted by Crippen LogP contribution is -2.50. The number of carbonyl (C=O) groups excluding carboxylic acids is 2. The van der Waals surface area contributed by atoms with Crippen LogP contribution in [0.3, 0.4) is 0 Å². The van der Waals surface area contributed by atoms with E-state index in [1.54, 1.807) is 17.4 Å². The first kappa shape index (κ1) is 17.1. The Labute approximate surface area is 156 Å². The van der Waals surface area contributed by atoms with E-state index in [-0.39, 0.29) is 24.0 Å². The van der Waals surface area contributed by atoms with Crippen LogP contribution in [-0.4, -0.2) is 47.4 Å². The van der Waals surface area contributed by atoms with Gasteiger partial charge in [-0.25, -0.2) is 4.79 Å². The van der Waals surface area contributed by atoms with Crippen molar-refractivity contribution in [2.75, 3.05) is 19.6 Å². The number of thiophene rings is 1. The average molecular weight is 373 g/mol. The largest absolute Gasteiger partial charge is 0.472 e. The molecule has 2 aromatic heterocycles. The second kappa shape index (κ2) is 7.53. The molecule has 7 heteroatoms. The fourth-order valence-corrected chi connectivity index (χ4v) is 4.71. The summed E-state index contributed by atoms with van der Waals surface area (Å²) in [6.45, 7) is 2.12. The van der Waals surface area contributed by atoms with Crippen molar-refractivity contribution in [1.82, 2.24) is 15.1 Å². The highest BCUT2D eigenvalue weighted by molar-refractivity contribution is 7.10. The number of furan rings is 1. The van der Waals surface area contributed by atoms with Gasteiger partial charge in [0.25, 0.3) is 5.91 Å². The van der Waals surface area contributed by atoms with E-state index in [1.807, 2.05) is 15.9 Å². The normalized spacial score (nSPS) is 21.2. The number of likely N-dealkylation sites (tertiary alicyclic amines) is 2. The molecule has 2 saturated heterocycles. The smallest absolute Gasteiger partial charge is 0.318 e. The molecule has 1 atom stereocenters. The van der Waals surface area contributed by atoms with Crippen LogP contribution in [0.15, 0.2) is 40.5 Å². The van der Waals surface area contributed by atoms with E-state index in [0.717, 1.165) is 32.2 Å². The number of nitrogens with zero attached hydrogens (tertiary/aromatic N) is 2. The first-order chi connectivity index (χ1) is 12.7. The number of urea groups is 1. The van der Waals surface area contributed by atoms with Crippen molar-refractivity contribution in [3.8, 4) is 0 Å². The molecule has 0 aliphatic carbocycles. The molecule has 138 valence electrons. The van der Waals surface area contributed by atoms with Crippen molar-refractivity contribution >= 4 is 23.3 Å². The summed E-state index contributed by atoms with van der Waals surface area (Å²) >= 11 is 1.72. The molecule has 0 saturated carbocycles. The zero-order chi connectivity index (χ0) is 17.9. The average Bonchev–Trinajstić information content (AvgIpc) is 3.43. The summed E-state index contributed by atoms with van der Waals surface area (Å²) in [4.78, 5) is 30.2. The van der Waals surface area contributed by atoms with E-state index in [4.69, 9.17) is 4.42 Å². The Morgan fingerprint density at radius 1 is 1.15 bits per heavy atom. The van der Waals surface area contributed by atoms with Gasteiger partial charge in [-0.1, -0.05) is 6.07 Å². The summed E-state index contributed by atoms with van der Waals surface area (Å²) in [7, 11) is 0. The molecule has 3 amide bonds. The maximum atomic E-state index is 12.7. The fourth-order valence-electron chi connectivity index (χ4n) is 3.84. The lowest BCUT2D eigenvalue weighted by atomic mass is 10.0. The number of hydrogen-bond donors (Lipinski definition) is 1. The molecule has 1 N–H and O–H groups in total. The SMILES string of the molecule is O=C(c1ccoc1)N1CCC(NC(=O)N2CCCC2c2cccs2)CC1. The van der Waals surface area contributed by atoms with Gasteiger partial charge in [-0.05, 0) is 43.2 Å². The Bertz CT molecular complexity index is 736. The van der Waals surface area contributed by atoms with Crippen LogP contribution >= 0.6 is 11.3 Å². The van der Waals surface area contributed by atoms with Gasteiger partial charge in [-0.3, -0.25) is 4.79 Å². The summed E-state index contributed by atoms with van der Waals surface area (Å²) in [6, 6.07) is 6.20. The van der Waals surface area contributed by atoms with Crippen molar-refractivity contribution in [2.45, 2.75) is 37.8 Å². The summed E-state index contributed by atoms with van der Waals surface area (Å²) in [5, 5.41) is 5.25. The summed E-state index contributed by atoms with van der Waals surface area (Å²) < 4.78 is 4.99. The predicted molar refractivity (Wildman–Crippen MR) is 99.2 cm³/mol. The van der Waals surface area contributed by atoms with Crippen LogP contribution in [0.2, 0.25) is 0 Å². The van der Waals surface area contributed by atoms with Gasteiger partial charge in [0.2, 0.25) is 0 Å². The third-order valence-electron chi connectivity index (χ3n) is 5.26. The minimum atomic E-state index is 0.000767. The number of rotatable bonds is 3. The molecular weight excluding hydrogens is 350 g/mol. The quantitative estimate of drug-likeness (QED) is 0.896. The summed E-state index contributed by atoms with van der Waals surface area (Å²) in [5.74, 6) is 0.000767. The third kappa shape index (κ3) is 3.49. The van der Waals surface area contributed by atoms with Crippen molar-refractivity contribution in [3.05, 3.63) is 46.5 Å². The Hall–Kier alpha value is -2.28. The highest BCUT2D eigenvalue weighted by Gasteiger charge is 2.32. The Balaban J connectivity index is 1.30. The monoisotopic (exact) mass is 373 g/mol. The van der Waals surface area contributed by atoms with E-state index >= 15 is 0 Å². The maximum absolute atomic E-state index is 12.7. The number of hydrogen-bond acceptors (Lipinski definition) is 4. The molecule has 1 unspecified atom stereocenters. The van der Waals surface area contributed by atoms with Crippen molar-refractivity contribution in [3.63, 3.8) is 0 Å². The molecule has 2 aliphatic heterocycles. The Morgan fingerprint density at radius 3 is 2.69 bits per heavy atom. The van der Waals surface area contributed by atoms with Crippen LogP contribution in [-0.2, 0) is 0 Å². The van der Waals surface area contributed by atoms with Gasteiger partial charge >= 0.3 is 6.03 Å². The van der Waals surface area contributed by atoms with Gasteiger partial charge < -0.3 is 19.5 Å². The van der Waals surface area contributed by atoms with E-state index in [9.17, 15) is 9.59 Å². The minimum absolute atomic E-state index is 0.000767. The topological polar surface area (TPSA) is 65.8 Å². The van der Waals surface area contributed by atoms with Gasteiger partial charge in [0.1, 0.15) is 6.26 Å². The highest BCUT2D eigenvalue weighted by atomic mass is 32.1. The molecule has 0 bridgehead atoms. The molecule has 4 heterocycles. The first-order valence-electron chi connectivity index (χ1n) is 9.14. The summed E-state index contributed by atoms with van der Waals surface area (Å²) in [6.07, 6.45) is 6.65. The lowest BCUT2D eigenvalue weighted by molar-refractivity contribution is 0.0705. The number of nitrogens with one attached hydrogen (secondary N) is 1. The Morgan fingerprint density at radius 2 is 2.00 bits per heavy atom. The Kier molecular flexibility index (Phi) is 4.97. The number of amides is 3. The predicted octanol–water partition coefficient (Wildman–Crippen LogP) is 3.49. The zero-order valence-electron chi connectivity index (χ0n) is 14.6. The van der Waals surface area contributed by atoms with Crippen molar-refractivity contribution in [1.29, 1.82) is 0 Å². The molecule has 4 rings (SSSR count). The lowest BCUT2D eigenvalue weighted by Gasteiger charge is -2.34. The molecule has 2 aromatic rings. The molecule has 6 nitrogen and oxygen atoms in total. The second-order valence-electron chi connectivity index (χ2n) is 6.89. The molecule has 2 aliphatic rings. The van der Waals surface area contributed by atoms with Crippen LogP contribution in [0.4, 0.5) is 4.79 Å². The van der Waals surface area contributed by atoms with Crippen LogP contribution < -0.4 is 5.32 Å². The van der Waals surface area contributed by atoms with Gasteiger partial charge in [0.15, 0.2) is 0 Å². The molecule has 26 heavy (non-hydrogen) atoms. The number of carbonyl (C=O) groups is 2. The van der Waals surface area contributed by atoms with Crippen LogP contribution in [0, 0.1) is 0 Å². The maximum Gasteiger partial charge on any atom is 0.318 e. The molecule has 0 radical (unpaired) electrons. The van der Waals surface area contributed by atoms with Crippen LogP contribution in [0.5, 0.6) is 0 Å². The molecular formula is C19H23N3O3S. The zero-order valence-corrected chi connectivity index (χ0v) is 15.4. The highest BCUT2D eigenvalue weighted by Crippen LogP contribution is 2.34. The van der Waals surface area contributed by atoms with E-state index < -0.39 is 0 Å². The van der Waals surface area contributed by atoms with Crippen LogP contribution in [0.1, 0.15) is 47.0 Å².